The van der Waals surface area contributed by atoms with E-state index in [4.69, 9.17) is 5.11 Å². The number of hydrogen-bond acceptors (Lipinski definition) is 3. The minimum absolute atomic E-state index is 0.0825. The van der Waals surface area contributed by atoms with Gasteiger partial charge in [-0.1, -0.05) is 0 Å². The zero-order valence-electron chi connectivity index (χ0n) is 11.1. The first-order valence-electron chi connectivity index (χ1n) is 6.21. The van der Waals surface area contributed by atoms with E-state index in [1.54, 1.807) is 20.2 Å². The van der Waals surface area contributed by atoms with Crippen LogP contribution in [-0.2, 0) is 0 Å². The zero-order chi connectivity index (χ0) is 14.0. The molecule has 1 heterocycles. The van der Waals surface area contributed by atoms with Gasteiger partial charge in [0.15, 0.2) is 0 Å². The van der Waals surface area contributed by atoms with Crippen LogP contribution in [0.25, 0.3) is 0 Å². The number of benzene rings is 1. The predicted molar refractivity (Wildman–Crippen MR) is 72.4 cm³/mol. The van der Waals surface area contributed by atoms with E-state index in [1.807, 2.05) is 11.0 Å². The summed E-state index contributed by atoms with van der Waals surface area (Å²) < 4.78 is 14.0. The molecule has 1 saturated heterocycles. The molecule has 0 unspecified atom stereocenters. The lowest BCUT2D eigenvalue weighted by atomic mass is 10.2. The summed E-state index contributed by atoms with van der Waals surface area (Å²) in [6.45, 7) is 1.19. The fraction of sp³-hybridized carbons (Fsp3) is 0.462. The molecule has 5 nitrogen and oxygen atoms in total. The summed E-state index contributed by atoms with van der Waals surface area (Å²) in [5.74, 6) is -0.287. The van der Waals surface area contributed by atoms with Crippen molar-refractivity contribution < 1.29 is 14.3 Å². The normalized spacial score (nSPS) is 18.5. The van der Waals surface area contributed by atoms with Crippen molar-refractivity contribution in [3.05, 3.63) is 24.0 Å². The van der Waals surface area contributed by atoms with Gasteiger partial charge in [-0.15, -0.1) is 0 Å². The summed E-state index contributed by atoms with van der Waals surface area (Å²) in [6.07, 6.45) is -0.228. The van der Waals surface area contributed by atoms with Crippen molar-refractivity contribution in [2.24, 2.45) is 0 Å². The Morgan fingerprint density at radius 3 is 2.89 bits per heavy atom. The maximum absolute atomic E-state index is 14.0. The third-order valence-corrected chi connectivity index (χ3v) is 3.59. The second kappa shape index (κ2) is 5.34. The number of likely N-dealkylation sites (N-methyl/N-ethyl adjacent to an activating group) is 1. The lowest BCUT2D eigenvalue weighted by Gasteiger charge is -2.23. The Morgan fingerprint density at radius 2 is 2.32 bits per heavy atom. The molecule has 0 saturated carbocycles. The van der Waals surface area contributed by atoms with Gasteiger partial charge < -0.3 is 20.2 Å². The summed E-state index contributed by atoms with van der Waals surface area (Å²) >= 11 is 0. The van der Waals surface area contributed by atoms with Gasteiger partial charge in [-0.3, -0.25) is 0 Å². The molecule has 1 atom stereocenters. The summed E-state index contributed by atoms with van der Waals surface area (Å²) in [4.78, 5) is 14.1. The van der Waals surface area contributed by atoms with Crippen LogP contribution >= 0.6 is 0 Å². The topological polar surface area (TPSA) is 55.8 Å². The quantitative estimate of drug-likeness (QED) is 0.880. The molecule has 1 aliphatic heterocycles. The van der Waals surface area contributed by atoms with Crippen LogP contribution in [-0.4, -0.2) is 49.3 Å². The second-order valence-corrected chi connectivity index (χ2v) is 4.70. The van der Waals surface area contributed by atoms with E-state index in [0.29, 0.717) is 18.8 Å². The molecule has 1 aromatic rings. The molecule has 0 radical (unpaired) electrons. The molecule has 0 spiro atoms. The standard InChI is InChI=1S/C13H18FN3O2/c1-15-9-3-4-12(11(14)7-9)17-6-5-10(8-17)16(2)13(18)19/h3-4,7,10,15H,5-6,8H2,1-2H3,(H,18,19)/t10-/m1/s1. The Kier molecular flexibility index (Phi) is 3.78. The Morgan fingerprint density at radius 1 is 1.58 bits per heavy atom. The van der Waals surface area contributed by atoms with Crippen LogP contribution in [0.3, 0.4) is 0 Å². The average Bonchev–Trinajstić information content (AvgIpc) is 2.86. The van der Waals surface area contributed by atoms with Crippen molar-refractivity contribution in [1.82, 2.24) is 4.90 Å². The van der Waals surface area contributed by atoms with Gasteiger partial charge in [-0.05, 0) is 24.6 Å². The molecule has 2 N–H and O–H groups in total. The van der Waals surface area contributed by atoms with E-state index >= 15 is 0 Å². The maximum Gasteiger partial charge on any atom is 0.407 e. The highest BCUT2D eigenvalue weighted by molar-refractivity contribution is 5.65. The minimum atomic E-state index is -0.946. The van der Waals surface area contributed by atoms with Crippen molar-refractivity contribution in [2.75, 3.05) is 37.4 Å². The van der Waals surface area contributed by atoms with Crippen LogP contribution in [0.5, 0.6) is 0 Å². The first kappa shape index (κ1) is 13.5. The largest absolute Gasteiger partial charge is 0.465 e. The van der Waals surface area contributed by atoms with E-state index in [9.17, 15) is 9.18 Å². The monoisotopic (exact) mass is 267 g/mol. The maximum atomic E-state index is 14.0. The van der Waals surface area contributed by atoms with E-state index in [0.717, 1.165) is 12.1 Å². The molecule has 1 aromatic carbocycles. The van der Waals surface area contributed by atoms with Crippen LogP contribution in [0.15, 0.2) is 18.2 Å². The molecule has 2 rings (SSSR count). The van der Waals surface area contributed by atoms with Gasteiger partial charge in [0.2, 0.25) is 0 Å². The number of hydrogen-bond donors (Lipinski definition) is 2. The first-order valence-corrected chi connectivity index (χ1v) is 6.21. The predicted octanol–water partition coefficient (Wildman–Crippen LogP) is 2.06. The number of carbonyl (C=O) groups is 1. The number of amides is 1. The molecule has 1 amide bonds. The average molecular weight is 267 g/mol. The zero-order valence-corrected chi connectivity index (χ0v) is 11.1. The molecule has 6 heteroatoms. The number of rotatable bonds is 3. The molecule has 104 valence electrons. The van der Waals surface area contributed by atoms with Crippen molar-refractivity contribution in [2.45, 2.75) is 12.5 Å². The molecule has 0 bridgehead atoms. The van der Waals surface area contributed by atoms with Crippen LogP contribution in [0, 0.1) is 5.82 Å². The molecule has 1 fully saturated rings. The fourth-order valence-electron chi connectivity index (χ4n) is 2.35. The Labute approximate surface area is 111 Å². The Balaban J connectivity index is 2.10. The number of nitrogens with one attached hydrogen (secondary N) is 1. The highest BCUT2D eigenvalue weighted by Gasteiger charge is 2.29. The summed E-state index contributed by atoms with van der Waals surface area (Å²) in [5, 5.41) is 11.8. The minimum Gasteiger partial charge on any atom is -0.465 e. The molecular formula is C13H18FN3O2. The van der Waals surface area contributed by atoms with E-state index in [-0.39, 0.29) is 11.9 Å². The summed E-state index contributed by atoms with van der Waals surface area (Å²) in [7, 11) is 3.29. The Hall–Kier alpha value is -1.98. The third kappa shape index (κ3) is 2.72. The Bertz CT molecular complexity index is 481. The van der Waals surface area contributed by atoms with Crippen LogP contribution in [0.4, 0.5) is 20.6 Å². The highest BCUT2D eigenvalue weighted by atomic mass is 19.1. The molecule has 1 aliphatic rings. The molecular weight excluding hydrogens is 249 g/mol. The highest BCUT2D eigenvalue weighted by Crippen LogP contribution is 2.27. The van der Waals surface area contributed by atoms with Gasteiger partial charge in [0.05, 0.1) is 11.7 Å². The van der Waals surface area contributed by atoms with Gasteiger partial charge in [-0.25, -0.2) is 9.18 Å². The smallest absolute Gasteiger partial charge is 0.407 e. The van der Waals surface area contributed by atoms with Crippen LogP contribution < -0.4 is 10.2 Å². The van der Waals surface area contributed by atoms with Gasteiger partial charge in [0, 0.05) is 32.9 Å². The van der Waals surface area contributed by atoms with Crippen molar-refractivity contribution in [1.29, 1.82) is 0 Å². The lowest BCUT2D eigenvalue weighted by molar-refractivity contribution is 0.142. The van der Waals surface area contributed by atoms with E-state index in [2.05, 4.69) is 5.32 Å². The summed E-state index contributed by atoms with van der Waals surface area (Å²) in [5.41, 5.74) is 1.25. The summed E-state index contributed by atoms with van der Waals surface area (Å²) in [6, 6.07) is 4.90. The fourth-order valence-corrected chi connectivity index (χ4v) is 2.35. The van der Waals surface area contributed by atoms with Crippen molar-refractivity contribution in [3.8, 4) is 0 Å². The number of anilines is 2. The van der Waals surface area contributed by atoms with Gasteiger partial charge >= 0.3 is 6.09 Å². The first-order chi connectivity index (χ1) is 9.02. The number of carboxylic acid groups (broad SMARTS) is 1. The van der Waals surface area contributed by atoms with Crippen molar-refractivity contribution >= 4 is 17.5 Å². The lowest BCUT2D eigenvalue weighted by Crippen LogP contribution is -2.38. The van der Waals surface area contributed by atoms with Crippen molar-refractivity contribution in [3.63, 3.8) is 0 Å². The second-order valence-electron chi connectivity index (χ2n) is 4.70. The van der Waals surface area contributed by atoms with Gasteiger partial charge in [0.25, 0.3) is 0 Å². The van der Waals surface area contributed by atoms with Gasteiger partial charge in [-0.2, -0.15) is 0 Å². The van der Waals surface area contributed by atoms with E-state index < -0.39 is 6.09 Å². The third-order valence-electron chi connectivity index (χ3n) is 3.59. The number of halogens is 1. The van der Waals surface area contributed by atoms with Gasteiger partial charge in [0.1, 0.15) is 5.82 Å². The molecule has 0 aromatic heterocycles. The van der Waals surface area contributed by atoms with Crippen LogP contribution in [0.2, 0.25) is 0 Å². The van der Waals surface area contributed by atoms with Crippen LogP contribution in [0.1, 0.15) is 6.42 Å². The van der Waals surface area contributed by atoms with E-state index in [1.165, 1.54) is 11.0 Å². The SMILES string of the molecule is CNc1ccc(N2CC[C@@H](N(C)C(=O)O)C2)c(F)c1. The molecule has 19 heavy (non-hydrogen) atoms. The number of nitrogens with zero attached hydrogens (tertiary/aromatic N) is 2. The molecule has 0 aliphatic carbocycles.